The minimum Gasteiger partial charge on any atom is -0.508 e. The maximum Gasteiger partial charge on any atom is 0.238 e. The van der Waals surface area contributed by atoms with Crippen molar-refractivity contribution in [3.05, 3.63) is 40.6 Å². The zero-order chi connectivity index (χ0) is 22.0. The third-order valence-electron chi connectivity index (χ3n) is 5.48. The Bertz CT molecular complexity index is 1150. The first-order valence-corrected chi connectivity index (χ1v) is 10.3. The van der Waals surface area contributed by atoms with E-state index in [1.165, 1.54) is 43.5 Å². The predicted octanol–water partition coefficient (Wildman–Crippen LogP) is 3.54. The molecule has 1 aliphatic rings. The van der Waals surface area contributed by atoms with E-state index in [1.54, 1.807) is 0 Å². The van der Waals surface area contributed by atoms with Crippen molar-refractivity contribution >= 4 is 11.0 Å². The third-order valence-corrected chi connectivity index (χ3v) is 5.48. The zero-order valence-electron chi connectivity index (χ0n) is 17.0. The summed E-state index contributed by atoms with van der Waals surface area (Å²) in [6.45, 7) is 3.54. The van der Waals surface area contributed by atoms with Gasteiger partial charge in [0.25, 0.3) is 0 Å². The predicted molar refractivity (Wildman–Crippen MR) is 115 cm³/mol. The van der Waals surface area contributed by atoms with Crippen molar-refractivity contribution in [3.8, 4) is 40.1 Å². The van der Waals surface area contributed by atoms with Gasteiger partial charge in [0.2, 0.25) is 11.2 Å². The van der Waals surface area contributed by atoms with Gasteiger partial charge >= 0.3 is 0 Å². The summed E-state index contributed by atoms with van der Waals surface area (Å²) in [7, 11) is 0. The normalized spacial score (nSPS) is 14.7. The fourth-order valence-electron chi connectivity index (χ4n) is 3.90. The Morgan fingerprint density at radius 1 is 0.968 bits per heavy atom. The number of aromatic hydroxyl groups is 4. The van der Waals surface area contributed by atoms with Gasteiger partial charge in [0.1, 0.15) is 22.5 Å². The topological polar surface area (TPSA) is 124 Å². The molecule has 0 amide bonds. The second-order valence-corrected chi connectivity index (χ2v) is 7.73. The molecule has 0 bridgehead atoms. The minimum atomic E-state index is -0.828. The van der Waals surface area contributed by atoms with Crippen LogP contribution in [0.1, 0.15) is 25.7 Å². The molecule has 1 saturated heterocycles. The Morgan fingerprint density at radius 3 is 2.52 bits per heavy atom. The van der Waals surface area contributed by atoms with E-state index in [0.29, 0.717) is 12.2 Å². The summed E-state index contributed by atoms with van der Waals surface area (Å²) in [5, 5.41) is 39.9. The number of rotatable bonds is 6. The van der Waals surface area contributed by atoms with Crippen LogP contribution in [0, 0.1) is 0 Å². The lowest BCUT2D eigenvalue weighted by atomic mass is 10.1. The molecule has 2 aromatic carbocycles. The fourth-order valence-corrected chi connectivity index (χ4v) is 3.90. The molecule has 0 radical (unpaired) electrons. The van der Waals surface area contributed by atoms with Crippen molar-refractivity contribution in [3.63, 3.8) is 0 Å². The van der Waals surface area contributed by atoms with Crippen molar-refractivity contribution in [1.29, 1.82) is 0 Å². The molecule has 0 saturated carbocycles. The molecule has 1 aromatic heterocycles. The zero-order valence-corrected chi connectivity index (χ0v) is 17.0. The van der Waals surface area contributed by atoms with Crippen LogP contribution < -0.4 is 10.2 Å². The number of fused-ring (bicyclic) bond motifs is 1. The molecule has 4 N–H and O–H groups in total. The van der Waals surface area contributed by atoms with E-state index in [0.717, 1.165) is 32.1 Å². The first-order chi connectivity index (χ1) is 14.9. The van der Waals surface area contributed by atoms with Crippen molar-refractivity contribution in [2.45, 2.75) is 25.7 Å². The Labute approximate surface area is 178 Å². The SMILES string of the molecule is O=c1c(O)c(-c2ccc(O)c(OCCCN3CCCCC3)c2)oc2cc(O)cc(O)c12. The fraction of sp³-hybridized carbons (Fsp3) is 0.348. The highest BCUT2D eigenvalue weighted by molar-refractivity contribution is 5.88. The van der Waals surface area contributed by atoms with Gasteiger partial charge < -0.3 is 34.5 Å². The molecule has 0 aliphatic carbocycles. The number of ether oxygens (including phenoxy) is 1. The molecule has 4 rings (SSSR count). The van der Waals surface area contributed by atoms with Crippen LogP contribution in [-0.2, 0) is 0 Å². The van der Waals surface area contributed by atoms with Gasteiger partial charge in [-0.15, -0.1) is 0 Å². The number of piperidine rings is 1. The smallest absolute Gasteiger partial charge is 0.238 e. The first-order valence-electron chi connectivity index (χ1n) is 10.3. The van der Waals surface area contributed by atoms with Gasteiger partial charge in [-0.1, -0.05) is 6.42 Å². The highest BCUT2D eigenvalue weighted by Gasteiger charge is 2.20. The monoisotopic (exact) mass is 427 g/mol. The van der Waals surface area contributed by atoms with Gasteiger partial charge in [-0.2, -0.15) is 0 Å². The molecule has 8 nitrogen and oxygen atoms in total. The second-order valence-electron chi connectivity index (χ2n) is 7.73. The van der Waals surface area contributed by atoms with E-state index in [2.05, 4.69) is 4.90 Å². The molecule has 0 atom stereocenters. The molecule has 0 unspecified atom stereocenters. The molecule has 164 valence electrons. The highest BCUT2D eigenvalue weighted by Crippen LogP contribution is 2.38. The summed E-state index contributed by atoms with van der Waals surface area (Å²) in [6, 6.07) is 6.51. The van der Waals surface area contributed by atoms with E-state index >= 15 is 0 Å². The van der Waals surface area contributed by atoms with Crippen molar-refractivity contribution < 1.29 is 29.6 Å². The summed E-state index contributed by atoms with van der Waals surface area (Å²) in [6.07, 6.45) is 4.53. The maximum atomic E-state index is 12.5. The van der Waals surface area contributed by atoms with Gasteiger partial charge in [-0.3, -0.25) is 4.79 Å². The molecule has 0 spiro atoms. The summed E-state index contributed by atoms with van der Waals surface area (Å²) in [5.41, 5.74) is -0.596. The molecule has 31 heavy (non-hydrogen) atoms. The van der Waals surface area contributed by atoms with Gasteiger partial charge in [-0.05, 0) is 50.6 Å². The van der Waals surface area contributed by atoms with Gasteiger partial charge in [0.05, 0.1) is 6.61 Å². The molecule has 8 heteroatoms. The summed E-state index contributed by atoms with van der Waals surface area (Å²) in [4.78, 5) is 14.9. The van der Waals surface area contributed by atoms with Crippen LogP contribution in [0.4, 0.5) is 0 Å². The Kier molecular flexibility index (Phi) is 5.90. The van der Waals surface area contributed by atoms with Crippen molar-refractivity contribution in [2.75, 3.05) is 26.2 Å². The Balaban J connectivity index is 1.57. The highest BCUT2D eigenvalue weighted by atomic mass is 16.5. The van der Waals surface area contributed by atoms with Crippen LogP contribution in [0.15, 0.2) is 39.5 Å². The summed E-state index contributed by atoms with van der Waals surface area (Å²) in [5.74, 6) is -1.48. The molecule has 1 fully saturated rings. The van der Waals surface area contributed by atoms with Crippen molar-refractivity contribution in [1.82, 2.24) is 4.90 Å². The van der Waals surface area contributed by atoms with E-state index in [-0.39, 0.29) is 34.0 Å². The van der Waals surface area contributed by atoms with Crippen LogP contribution in [0.2, 0.25) is 0 Å². The molecular weight excluding hydrogens is 402 g/mol. The van der Waals surface area contributed by atoms with Crippen LogP contribution in [0.25, 0.3) is 22.3 Å². The van der Waals surface area contributed by atoms with Crippen LogP contribution in [0.3, 0.4) is 0 Å². The number of hydrogen-bond donors (Lipinski definition) is 4. The number of hydrogen-bond acceptors (Lipinski definition) is 8. The average molecular weight is 427 g/mol. The largest absolute Gasteiger partial charge is 0.508 e. The van der Waals surface area contributed by atoms with E-state index in [4.69, 9.17) is 9.15 Å². The second kappa shape index (κ2) is 8.77. The molecule has 2 heterocycles. The number of phenolic OH excluding ortho intramolecular Hbond substituents is 3. The van der Waals surface area contributed by atoms with Crippen LogP contribution in [-0.4, -0.2) is 51.6 Å². The van der Waals surface area contributed by atoms with Crippen molar-refractivity contribution in [2.24, 2.45) is 0 Å². The third kappa shape index (κ3) is 4.39. The Hall–Kier alpha value is -3.39. The number of phenols is 3. The minimum absolute atomic E-state index is 0.0698. The van der Waals surface area contributed by atoms with Crippen LogP contribution >= 0.6 is 0 Å². The molecule has 3 aromatic rings. The van der Waals surface area contributed by atoms with Gasteiger partial charge in [-0.25, -0.2) is 0 Å². The number of nitrogens with zero attached hydrogens (tertiary/aromatic N) is 1. The molecule has 1 aliphatic heterocycles. The van der Waals surface area contributed by atoms with E-state index in [9.17, 15) is 25.2 Å². The standard InChI is InChI=1S/C23H25NO7/c25-15-12-17(27)20-19(13-15)31-23(22(29)21(20)28)14-5-6-16(26)18(11-14)30-10-4-9-24-7-2-1-3-8-24/h5-6,11-13,25-27,29H,1-4,7-10H2. The maximum absolute atomic E-state index is 12.5. The first kappa shape index (κ1) is 20.9. The lowest BCUT2D eigenvalue weighted by Gasteiger charge is -2.26. The van der Waals surface area contributed by atoms with Crippen LogP contribution in [0.5, 0.6) is 28.7 Å². The van der Waals surface area contributed by atoms with E-state index < -0.39 is 16.9 Å². The number of benzene rings is 2. The lowest BCUT2D eigenvalue weighted by Crippen LogP contribution is -2.31. The summed E-state index contributed by atoms with van der Waals surface area (Å²) >= 11 is 0. The molecular formula is C23H25NO7. The van der Waals surface area contributed by atoms with Gasteiger partial charge in [0, 0.05) is 24.2 Å². The summed E-state index contributed by atoms with van der Waals surface area (Å²) < 4.78 is 11.3. The average Bonchev–Trinajstić information content (AvgIpc) is 2.75. The lowest BCUT2D eigenvalue weighted by molar-refractivity contribution is 0.203. The Morgan fingerprint density at radius 2 is 1.74 bits per heavy atom. The van der Waals surface area contributed by atoms with E-state index in [1.807, 2.05) is 0 Å². The quantitative estimate of drug-likeness (QED) is 0.441. The number of likely N-dealkylation sites (tertiary alicyclic amines) is 1. The van der Waals surface area contributed by atoms with Gasteiger partial charge in [0.15, 0.2) is 17.3 Å².